The molecule has 46 heavy (non-hydrogen) atoms. The van der Waals surface area contributed by atoms with Crippen LogP contribution in [0.25, 0.3) is 22.0 Å². The van der Waals surface area contributed by atoms with Crippen LogP contribution in [0.5, 0.6) is 0 Å². The Bertz CT molecular complexity index is 1910. The van der Waals surface area contributed by atoms with Crippen molar-refractivity contribution < 1.29 is 9.90 Å². The first-order valence-corrected chi connectivity index (χ1v) is 16.0. The summed E-state index contributed by atoms with van der Waals surface area (Å²) in [5.74, 6) is 0.738. The van der Waals surface area contributed by atoms with Crippen molar-refractivity contribution in [1.29, 1.82) is 0 Å². The summed E-state index contributed by atoms with van der Waals surface area (Å²) in [6.45, 7) is 9.45. The van der Waals surface area contributed by atoms with E-state index >= 15 is 0 Å². The van der Waals surface area contributed by atoms with E-state index in [0.29, 0.717) is 28.9 Å². The summed E-state index contributed by atoms with van der Waals surface area (Å²) in [4.78, 5) is 29.8. The Morgan fingerprint density at radius 3 is 2.67 bits per heavy atom. The van der Waals surface area contributed by atoms with Crippen LogP contribution in [0, 0.1) is 6.92 Å². The molecule has 2 aromatic carbocycles. The Labute approximate surface area is 273 Å². The van der Waals surface area contributed by atoms with Crippen LogP contribution in [0.3, 0.4) is 0 Å². The zero-order valence-corrected chi connectivity index (χ0v) is 27.3. The van der Waals surface area contributed by atoms with E-state index in [4.69, 9.17) is 21.6 Å². The highest BCUT2D eigenvalue weighted by Crippen LogP contribution is 2.38. The number of rotatable bonds is 10. The van der Waals surface area contributed by atoms with E-state index in [-0.39, 0.29) is 18.6 Å². The third-order valence-electron chi connectivity index (χ3n) is 8.69. The second kappa shape index (κ2) is 13.6. The molecule has 3 aromatic heterocycles. The molecule has 4 N–H and O–H groups in total. The number of halogens is 1. The first-order valence-electron chi connectivity index (χ1n) is 15.6. The first kappa shape index (κ1) is 31.6. The maximum atomic E-state index is 13.4. The lowest BCUT2D eigenvalue weighted by atomic mass is 9.98. The summed E-state index contributed by atoms with van der Waals surface area (Å²) < 4.78 is 1.90. The fourth-order valence-corrected chi connectivity index (χ4v) is 6.19. The summed E-state index contributed by atoms with van der Waals surface area (Å²) in [7, 11) is 1.90. The largest absolute Gasteiger partial charge is 0.395 e. The first-order chi connectivity index (χ1) is 22.3. The average molecular weight is 639 g/mol. The molecule has 0 saturated heterocycles. The molecule has 0 saturated carbocycles. The molecule has 0 bridgehead atoms. The number of nitrogens with one attached hydrogen (secondary N) is 3. The van der Waals surface area contributed by atoms with Gasteiger partial charge in [-0.25, -0.2) is 9.97 Å². The van der Waals surface area contributed by atoms with Gasteiger partial charge in [0.25, 0.3) is 5.91 Å². The van der Waals surface area contributed by atoms with Crippen LogP contribution in [0.1, 0.15) is 47.0 Å². The lowest BCUT2D eigenvalue weighted by Gasteiger charge is -2.24. The Balaban J connectivity index is 1.24. The molecule has 0 spiro atoms. The molecule has 1 aliphatic rings. The molecule has 11 heteroatoms. The number of benzene rings is 2. The Hall–Kier alpha value is -4.35. The van der Waals surface area contributed by atoms with Crippen molar-refractivity contribution in [1.82, 2.24) is 29.7 Å². The van der Waals surface area contributed by atoms with Crippen LogP contribution in [0.2, 0.25) is 5.02 Å². The molecule has 6 rings (SSSR count). The third kappa shape index (κ3) is 6.34. The van der Waals surface area contributed by atoms with Crippen molar-refractivity contribution in [3.8, 4) is 11.1 Å². The van der Waals surface area contributed by atoms with Gasteiger partial charge in [-0.1, -0.05) is 42.8 Å². The number of carbonyl (C=O) groups is 1. The fourth-order valence-electron chi connectivity index (χ4n) is 5.91. The molecule has 1 unspecified atom stereocenters. The van der Waals surface area contributed by atoms with Gasteiger partial charge in [0, 0.05) is 73.9 Å². The second-order valence-electron chi connectivity index (χ2n) is 11.8. The molecule has 238 valence electrons. The van der Waals surface area contributed by atoms with Crippen molar-refractivity contribution in [2.24, 2.45) is 7.05 Å². The van der Waals surface area contributed by atoms with Gasteiger partial charge in [0.2, 0.25) is 0 Å². The number of aromatic nitrogens is 4. The van der Waals surface area contributed by atoms with Gasteiger partial charge in [-0.15, -0.1) is 0 Å². The van der Waals surface area contributed by atoms with Crippen LogP contribution in [-0.2, 0) is 26.6 Å². The van der Waals surface area contributed by atoms with Crippen molar-refractivity contribution in [3.63, 3.8) is 0 Å². The lowest BCUT2D eigenvalue weighted by Crippen LogP contribution is -2.30. The van der Waals surface area contributed by atoms with Gasteiger partial charge in [-0.3, -0.25) is 14.7 Å². The monoisotopic (exact) mass is 638 g/mol. The summed E-state index contributed by atoms with van der Waals surface area (Å²) in [6, 6.07) is 15.7. The maximum Gasteiger partial charge on any atom is 0.291 e. The van der Waals surface area contributed by atoms with E-state index < -0.39 is 0 Å². The Kier molecular flexibility index (Phi) is 9.32. The molecule has 0 aliphatic carbocycles. The highest BCUT2D eigenvalue weighted by Gasteiger charge is 2.25. The highest BCUT2D eigenvalue weighted by molar-refractivity contribution is 6.36. The molecular formula is C35H39ClN8O2. The van der Waals surface area contributed by atoms with Crippen LogP contribution in [-0.4, -0.2) is 61.2 Å². The van der Waals surface area contributed by atoms with Gasteiger partial charge >= 0.3 is 0 Å². The van der Waals surface area contributed by atoms with E-state index in [1.807, 2.05) is 74.1 Å². The number of fused-ring (bicyclic) bond motifs is 2. The molecule has 1 atom stereocenters. The zero-order valence-electron chi connectivity index (χ0n) is 26.6. The van der Waals surface area contributed by atoms with Gasteiger partial charge in [-0.05, 0) is 61.3 Å². The predicted molar refractivity (Wildman–Crippen MR) is 184 cm³/mol. The average Bonchev–Trinajstić information content (AvgIpc) is 3.41. The minimum Gasteiger partial charge on any atom is -0.395 e. The summed E-state index contributed by atoms with van der Waals surface area (Å²) >= 11 is 6.98. The number of amides is 1. The van der Waals surface area contributed by atoms with Crippen molar-refractivity contribution in [3.05, 3.63) is 94.3 Å². The second-order valence-corrected chi connectivity index (χ2v) is 12.1. The van der Waals surface area contributed by atoms with Gasteiger partial charge in [0.1, 0.15) is 5.52 Å². The smallest absolute Gasteiger partial charge is 0.291 e. The van der Waals surface area contributed by atoms with E-state index in [0.717, 1.165) is 76.3 Å². The van der Waals surface area contributed by atoms with Gasteiger partial charge in [0.05, 0.1) is 23.0 Å². The molecule has 0 fully saturated rings. The van der Waals surface area contributed by atoms with Gasteiger partial charge < -0.3 is 25.6 Å². The number of likely N-dealkylation sites (N-methyl/N-ethyl adjacent to an activating group) is 1. The predicted octanol–water partition coefficient (Wildman–Crippen LogP) is 5.84. The molecule has 0 radical (unpaired) electrons. The maximum absolute atomic E-state index is 13.4. The summed E-state index contributed by atoms with van der Waals surface area (Å²) in [5.41, 5.74) is 7.95. The lowest BCUT2D eigenvalue weighted by molar-refractivity contribution is 0.101. The zero-order chi connectivity index (χ0) is 32.4. The number of imidazole rings is 1. The molecule has 4 heterocycles. The van der Waals surface area contributed by atoms with Crippen LogP contribution in [0.4, 0.5) is 17.2 Å². The standard InChI is InChI=1S/C35H39ClN8O2/c1-5-44-15-13-30-29(19-44)41-34(43(30)4)35(46)42-28-11-7-9-26(31(28)36)25-8-6-10-27(22(25)3)40-33-32-24(12-14-37-33)16-23(18-39-32)17-38-21(2)20-45/h6-12,14,16,18,21,38,45H,5,13,15,17,19-20H2,1-4H3,(H,37,40)(H,42,46). The third-order valence-corrected chi connectivity index (χ3v) is 9.10. The number of hydrogen-bond donors (Lipinski definition) is 4. The van der Waals surface area contributed by atoms with Crippen molar-refractivity contribution >= 4 is 45.6 Å². The summed E-state index contributed by atoms with van der Waals surface area (Å²) in [5, 5.41) is 20.5. The van der Waals surface area contributed by atoms with Crippen molar-refractivity contribution in [2.45, 2.75) is 46.3 Å². The van der Waals surface area contributed by atoms with Crippen LogP contribution in [0.15, 0.2) is 60.9 Å². The number of aliphatic hydroxyl groups is 1. The fraction of sp³-hybridized carbons (Fsp3) is 0.314. The molecule has 10 nitrogen and oxygen atoms in total. The van der Waals surface area contributed by atoms with Crippen LogP contribution < -0.4 is 16.0 Å². The number of hydrogen-bond acceptors (Lipinski definition) is 8. The number of nitrogens with zero attached hydrogens (tertiary/aromatic N) is 5. The molecule has 5 aromatic rings. The highest BCUT2D eigenvalue weighted by atomic mass is 35.5. The number of aliphatic hydroxyl groups excluding tert-OH is 1. The normalized spacial score (nSPS) is 13.9. The van der Waals surface area contributed by atoms with Crippen molar-refractivity contribution in [2.75, 3.05) is 30.3 Å². The minimum absolute atomic E-state index is 0.00400. The summed E-state index contributed by atoms with van der Waals surface area (Å²) in [6.07, 6.45) is 4.46. The minimum atomic E-state index is -0.289. The molecular weight excluding hydrogens is 600 g/mol. The van der Waals surface area contributed by atoms with Gasteiger partial charge in [0.15, 0.2) is 11.6 Å². The molecule has 1 aliphatic heterocycles. The van der Waals surface area contributed by atoms with E-state index in [2.05, 4.69) is 38.8 Å². The Morgan fingerprint density at radius 1 is 1.11 bits per heavy atom. The van der Waals surface area contributed by atoms with E-state index in [1.54, 1.807) is 6.20 Å². The Morgan fingerprint density at radius 2 is 1.89 bits per heavy atom. The quantitative estimate of drug-likeness (QED) is 0.151. The number of anilines is 3. The SMILES string of the molecule is CCN1CCc2c(nc(C(=O)Nc3cccc(-c4cccc(Nc5nccc6cc(CNC(C)CO)cnc56)c4C)c3Cl)n2C)C1. The van der Waals surface area contributed by atoms with E-state index in [9.17, 15) is 9.90 Å². The van der Waals surface area contributed by atoms with Gasteiger partial charge in [-0.2, -0.15) is 0 Å². The molecule has 1 amide bonds. The number of pyridine rings is 2. The number of carbonyl (C=O) groups excluding carboxylic acids is 1. The van der Waals surface area contributed by atoms with Crippen LogP contribution >= 0.6 is 11.6 Å². The van der Waals surface area contributed by atoms with E-state index in [1.165, 1.54) is 0 Å². The topological polar surface area (TPSA) is 120 Å².